The SMILES string of the molecule is CC(C)c1ccc(CCC(=O)N(Cc2cccc(Br)c2)[C@@H](C)C(=O)NC(C)(C)C)cc1. The highest BCUT2D eigenvalue weighted by molar-refractivity contribution is 9.10. The molecule has 2 rings (SSSR count). The smallest absolute Gasteiger partial charge is 0.242 e. The van der Waals surface area contributed by atoms with Crippen LogP contribution in [0.2, 0.25) is 0 Å². The number of amides is 2. The summed E-state index contributed by atoms with van der Waals surface area (Å²) in [6.07, 6.45) is 1.02. The molecule has 0 aliphatic rings. The molecule has 0 spiro atoms. The molecule has 2 amide bonds. The van der Waals surface area contributed by atoms with Gasteiger partial charge in [-0.3, -0.25) is 9.59 Å². The maximum absolute atomic E-state index is 13.2. The molecule has 0 aliphatic heterocycles. The largest absolute Gasteiger partial charge is 0.350 e. The van der Waals surface area contributed by atoms with Gasteiger partial charge in [0.05, 0.1) is 0 Å². The van der Waals surface area contributed by atoms with Crippen molar-refractivity contribution in [1.82, 2.24) is 10.2 Å². The molecule has 4 nitrogen and oxygen atoms in total. The van der Waals surface area contributed by atoms with Crippen molar-refractivity contribution in [3.05, 3.63) is 69.7 Å². The maximum atomic E-state index is 13.2. The average molecular weight is 487 g/mol. The molecule has 5 heteroatoms. The molecule has 0 saturated carbocycles. The third-order valence-electron chi connectivity index (χ3n) is 5.18. The van der Waals surface area contributed by atoms with E-state index in [0.717, 1.165) is 15.6 Å². The van der Waals surface area contributed by atoms with Gasteiger partial charge in [0.15, 0.2) is 0 Å². The second-order valence-corrected chi connectivity index (χ2v) is 10.4. The van der Waals surface area contributed by atoms with Gasteiger partial charge in [-0.05, 0) is 68.9 Å². The summed E-state index contributed by atoms with van der Waals surface area (Å²) >= 11 is 3.49. The molecule has 0 saturated heterocycles. The molecule has 0 radical (unpaired) electrons. The van der Waals surface area contributed by atoms with E-state index in [2.05, 4.69) is 59.4 Å². The molecule has 1 N–H and O–H groups in total. The molecular formula is C26H35BrN2O2. The van der Waals surface area contributed by atoms with Crippen molar-refractivity contribution in [2.24, 2.45) is 0 Å². The zero-order valence-electron chi connectivity index (χ0n) is 19.5. The molecule has 0 bridgehead atoms. The zero-order valence-corrected chi connectivity index (χ0v) is 21.1. The van der Waals surface area contributed by atoms with E-state index in [1.165, 1.54) is 5.56 Å². The molecular weight excluding hydrogens is 452 g/mol. The summed E-state index contributed by atoms with van der Waals surface area (Å²) in [4.78, 5) is 27.7. The van der Waals surface area contributed by atoms with Gasteiger partial charge in [0.25, 0.3) is 0 Å². The van der Waals surface area contributed by atoms with Gasteiger partial charge >= 0.3 is 0 Å². The van der Waals surface area contributed by atoms with Crippen molar-refractivity contribution in [3.63, 3.8) is 0 Å². The lowest BCUT2D eigenvalue weighted by molar-refractivity contribution is -0.141. The van der Waals surface area contributed by atoms with Crippen molar-refractivity contribution < 1.29 is 9.59 Å². The minimum absolute atomic E-state index is 0.0236. The van der Waals surface area contributed by atoms with E-state index in [1.807, 2.05) is 45.0 Å². The Balaban J connectivity index is 2.15. The standard InChI is InChI=1S/C26H35BrN2O2/c1-18(2)22-13-10-20(11-14-22)12-15-24(30)29(17-21-8-7-9-23(27)16-21)19(3)25(31)28-26(4,5)6/h7-11,13-14,16,18-19H,12,15,17H2,1-6H3,(H,28,31)/t19-/m0/s1. The number of nitrogens with one attached hydrogen (secondary N) is 1. The Morgan fingerprint density at radius 1 is 1.00 bits per heavy atom. The van der Waals surface area contributed by atoms with E-state index in [0.29, 0.717) is 25.3 Å². The minimum Gasteiger partial charge on any atom is -0.350 e. The number of hydrogen-bond donors (Lipinski definition) is 1. The van der Waals surface area contributed by atoms with Gasteiger partial charge in [-0.25, -0.2) is 0 Å². The normalized spacial score (nSPS) is 12.5. The monoisotopic (exact) mass is 486 g/mol. The Morgan fingerprint density at radius 3 is 2.19 bits per heavy atom. The first kappa shape index (κ1) is 25.1. The van der Waals surface area contributed by atoms with Gasteiger partial charge < -0.3 is 10.2 Å². The van der Waals surface area contributed by atoms with Crippen LogP contribution in [-0.4, -0.2) is 28.3 Å². The fourth-order valence-corrected chi connectivity index (χ4v) is 3.80. The van der Waals surface area contributed by atoms with E-state index in [4.69, 9.17) is 0 Å². The zero-order chi connectivity index (χ0) is 23.2. The van der Waals surface area contributed by atoms with E-state index in [-0.39, 0.29) is 17.4 Å². The molecule has 0 heterocycles. The quantitative estimate of drug-likeness (QED) is 0.509. The van der Waals surface area contributed by atoms with Gasteiger partial charge in [-0.2, -0.15) is 0 Å². The Hall–Kier alpha value is -2.14. The highest BCUT2D eigenvalue weighted by Crippen LogP contribution is 2.19. The highest BCUT2D eigenvalue weighted by Gasteiger charge is 2.28. The summed E-state index contributed by atoms with van der Waals surface area (Å²) in [6, 6.07) is 15.7. The molecule has 2 aromatic carbocycles. The average Bonchev–Trinajstić information content (AvgIpc) is 2.68. The van der Waals surface area contributed by atoms with E-state index >= 15 is 0 Å². The molecule has 168 valence electrons. The Kier molecular flexibility index (Phi) is 8.87. The number of hydrogen-bond acceptors (Lipinski definition) is 2. The second kappa shape index (κ2) is 10.9. The van der Waals surface area contributed by atoms with Gasteiger partial charge in [-0.1, -0.05) is 66.2 Å². The number of rotatable bonds is 8. The summed E-state index contributed by atoms with van der Waals surface area (Å²) < 4.78 is 0.953. The number of benzene rings is 2. The lowest BCUT2D eigenvalue weighted by Gasteiger charge is -2.31. The summed E-state index contributed by atoms with van der Waals surface area (Å²) in [5, 5.41) is 3.00. The van der Waals surface area contributed by atoms with Crippen LogP contribution in [-0.2, 0) is 22.6 Å². The van der Waals surface area contributed by atoms with Crippen LogP contribution in [0.15, 0.2) is 53.0 Å². The number of nitrogens with zero attached hydrogens (tertiary/aromatic N) is 1. The van der Waals surface area contributed by atoms with Gasteiger partial charge in [-0.15, -0.1) is 0 Å². The van der Waals surface area contributed by atoms with Crippen LogP contribution in [0.3, 0.4) is 0 Å². The first-order valence-electron chi connectivity index (χ1n) is 10.9. The molecule has 0 fully saturated rings. The lowest BCUT2D eigenvalue weighted by Crippen LogP contribution is -2.52. The number of halogens is 1. The van der Waals surface area contributed by atoms with Crippen LogP contribution in [0.4, 0.5) is 0 Å². The molecule has 0 aromatic heterocycles. The number of carbonyl (C=O) groups excluding carboxylic acids is 2. The minimum atomic E-state index is -0.561. The third kappa shape index (κ3) is 8.13. The molecule has 2 aromatic rings. The molecule has 31 heavy (non-hydrogen) atoms. The summed E-state index contributed by atoms with van der Waals surface area (Å²) in [5.74, 6) is 0.320. The molecule has 0 unspecified atom stereocenters. The van der Waals surface area contributed by atoms with Crippen LogP contribution >= 0.6 is 15.9 Å². The van der Waals surface area contributed by atoms with E-state index in [1.54, 1.807) is 11.8 Å². The highest BCUT2D eigenvalue weighted by atomic mass is 79.9. The summed E-state index contributed by atoms with van der Waals surface area (Å²) in [7, 11) is 0. The van der Waals surface area contributed by atoms with Crippen LogP contribution < -0.4 is 5.32 Å². The summed E-state index contributed by atoms with van der Waals surface area (Å²) in [5.41, 5.74) is 3.05. The van der Waals surface area contributed by atoms with Crippen molar-refractivity contribution in [2.45, 2.75) is 78.4 Å². The fraction of sp³-hybridized carbons (Fsp3) is 0.462. The van der Waals surface area contributed by atoms with E-state index in [9.17, 15) is 9.59 Å². The van der Waals surface area contributed by atoms with Crippen molar-refractivity contribution in [2.75, 3.05) is 0 Å². The van der Waals surface area contributed by atoms with Crippen LogP contribution in [0.5, 0.6) is 0 Å². The third-order valence-corrected chi connectivity index (χ3v) is 5.67. The van der Waals surface area contributed by atoms with Crippen molar-refractivity contribution in [1.29, 1.82) is 0 Å². The lowest BCUT2D eigenvalue weighted by atomic mass is 10.00. The van der Waals surface area contributed by atoms with Crippen LogP contribution in [0.25, 0.3) is 0 Å². The number of carbonyl (C=O) groups is 2. The predicted molar refractivity (Wildman–Crippen MR) is 131 cm³/mol. The Bertz CT molecular complexity index is 885. The predicted octanol–water partition coefficient (Wildman–Crippen LogP) is 5.84. The second-order valence-electron chi connectivity index (χ2n) is 9.46. The molecule has 1 atom stereocenters. The van der Waals surface area contributed by atoms with E-state index < -0.39 is 6.04 Å². The van der Waals surface area contributed by atoms with Gasteiger partial charge in [0, 0.05) is 23.0 Å². The van der Waals surface area contributed by atoms with Crippen molar-refractivity contribution in [3.8, 4) is 0 Å². The maximum Gasteiger partial charge on any atom is 0.242 e. The van der Waals surface area contributed by atoms with Crippen LogP contribution in [0.1, 0.15) is 70.6 Å². The first-order chi connectivity index (χ1) is 14.5. The fourth-order valence-electron chi connectivity index (χ4n) is 3.35. The topological polar surface area (TPSA) is 49.4 Å². The first-order valence-corrected chi connectivity index (χ1v) is 11.7. The Morgan fingerprint density at radius 2 is 1.65 bits per heavy atom. The van der Waals surface area contributed by atoms with Crippen molar-refractivity contribution >= 4 is 27.7 Å². The van der Waals surface area contributed by atoms with Crippen LogP contribution in [0, 0.1) is 0 Å². The van der Waals surface area contributed by atoms with Gasteiger partial charge in [0.2, 0.25) is 11.8 Å². The Labute approximate surface area is 195 Å². The molecule has 0 aliphatic carbocycles. The van der Waals surface area contributed by atoms with Gasteiger partial charge in [0.1, 0.15) is 6.04 Å². The summed E-state index contributed by atoms with van der Waals surface area (Å²) in [6.45, 7) is 12.4. The number of aryl methyl sites for hydroxylation is 1.